The smallest absolute Gasteiger partial charge is 0.123 e. The van der Waals surface area contributed by atoms with Crippen molar-refractivity contribution in [2.75, 3.05) is 26.7 Å². The number of alkyl halides is 1. The van der Waals surface area contributed by atoms with Crippen molar-refractivity contribution in [1.29, 1.82) is 0 Å². The summed E-state index contributed by atoms with van der Waals surface area (Å²) in [5, 5.41) is -0.0140. The van der Waals surface area contributed by atoms with Gasteiger partial charge in [-0.1, -0.05) is 44.9 Å². The van der Waals surface area contributed by atoms with Crippen molar-refractivity contribution in [3.05, 3.63) is 29.8 Å². The summed E-state index contributed by atoms with van der Waals surface area (Å²) < 4.78 is 5.41. The van der Waals surface area contributed by atoms with Crippen LogP contribution in [-0.2, 0) is 0 Å². The molecular formula is C17H28ClNO. The molecule has 0 aliphatic rings. The van der Waals surface area contributed by atoms with Crippen molar-refractivity contribution in [2.24, 2.45) is 0 Å². The maximum absolute atomic E-state index is 6.62. The molecule has 0 aliphatic carbocycles. The molecule has 0 saturated heterocycles. The average Bonchev–Trinajstić information content (AvgIpc) is 2.49. The van der Waals surface area contributed by atoms with Crippen LogP contribution in [0.5, 0.6) is 5.75 Å². The van der Waals surface area contributed by atoms with Crippen molar-refractivity contribution < 1.29 is 4.74 Å². The van der Waals surface area contributed by atoms with Crippen molar-refractivity contribution in [2.45, 2.75) is 44.9 Å². The van der Waals surface area contributed by atoms with E-state index in [0.29, 0.717) is 0 Å². The number of halogens is 1. The predicted octanol–water partition coefficient (Wildman–Crippen LogP) is 4.88. The van der Waals surface area contributed by atoms with E-state index in [1.54, 1.807) is 7.11 Å². The van der Waals surface area contributed by atoms with Crippen LogP contribution >= 0.6 is 11.6 Å². The first-order chi connectivity index (χ1) is 9.72. The summed E-state index contributed by atoms with van der Waals surface area (Å²) >= 11 is 6.62. The van der Waals surface area contributed by atoms with Crippen LogP contribution in [0, 0.1) is 0 Å². The Hall–Kier alpha value is -0.730. The number of hydrogen-bond donors (Lipinski definition) is 0. The van der Waals surface area contributed by atoms with E-state index >= 15 is 0 Å². The monoisotopic (exact) mass is 297 g/mol. The highest BCUT2D eigenvalue weighted by molar-refractivity contribution is 6.21. The first-order valence-corrected chi connectivity index (χ1v) is 8.15. The van der Waals surface area contributed by atoms with Gasteiger partial charge in [-0.25, -0.2) is 0 Å². The van der Waals surface area contributed by atoms with Gasteiger partial charge in [0, 0.05) is 12.1 Å². The molecule has 0 amide bonds. The van der Waals surface area contributed by atoms with Gasteiger partial charge in [0.05, 0.1) is 12.5 Å². The Labute approximate surface area is 129 Å². The van der Waals surface area contributed by atoms with Gasteiger partial charge in [0.1, 0.15) is 5.75 Å². The molecule has 0 aromatic heterocycles. The molecule has 20 heavy (non-hydrogen) atoms. The molecule has 114 valence electrons. The van der Waals surface area contributed by atoms with E-state index < -0.39 is 0 Å². The minimum absolute atomic E-state index is 0.0140. The zero-order chi connectivity index (χ0) is 14.8. The molecule has 3 heteroatoms. The van der Waals surface area contributed by atoms with E-state index in [1.165, 1.54) is 25.7 Å². The van der Waals surface area contributed by atoms with Gasteiger partial charge in [0.15, 0.2) is 0 Å². The predicted molar refractivity (Wildman–Crippen MR) is 87.8 cm³/mol. The topological polar surface area (TPSA) is 12.5 Å². The lowest BCUT2D eigenvalue weighted by Gasteiger charge is -2.25. The minimum atomic E-state index is -0.0140. The molecule has 1 atom stereocenters. The number of nitrogens with zero attached hydrogens (tertiary/aromatic N) is 1. The van der Waals surface area contributed by atoms with Gasteiger partial charge in [-0.05, 0) is 32.0 Å². The van der Waals surface area contributed by atoms with E-state index in [4.69, 9.17) is 16.3 Å². The normalized spacial score (nSPS) is 12.7. The molecule has 1 aromatic rings. The van der Waals surface area contributed by atoms with Crippen molar-refractivity contribution in [1.82, 2.24) is 4.90 Å². The van der Waals surface area contributed by atoms with Crippen LogP contribution in [0.15, 0.2) is 24.3 Å². The first-order valence-electron chi connectivity index (χ1n) is 7.72. The Morgan fingerprint density at radius 2 is 1.70 bits per heavy atom. The Bertz CT molecular complexity index is 362. The maximum Gasteiger partial charge on any atom is 0.123 e. The van der Waals surface area contributed by atoms with E-state index in [-0.39, 0.29) is 5.38 Å². The fourth-order valence-corrected chi connectivity index (χ4v) is 2.68. The minimum Gasteiger partial charge on any atom is -0.496 e. The van der Waals surface area contributed by atoms with Crippen LogP contribution in [0.1, 0.15) is 50.5 Å². The SMILES string of the molecule is CCCCN(CCCC)CC(Cl)c1ccccc1OC. The zero-order valence-corrected chi connectivity index (χ0v) is 13.8. The summed E-state index contributed by atoms with van der Waals surface area (Å²) in [6.07, 6.45) is 4.92. The third-order valence-electron chi connectivity index (χ3n) is 3.55. The molecule has 1 unspecified atom stereocenters. The molecule has 1 aromatic carbocycles. The molecule has 0 spiro atoms. The van der Waals surface area contributed by atoms with Gasteiger partial charge in [0.2, 0.25) is 0 Å². The van der Waals surface area contributed by atoms with Crippen LogP contribution in [-0.4, -0.2) is 31.6 Å². The molecular weight excluding hydrogens is 270 g/mol. The third kappa shape index (κ3) is 5.72. The first kappa shape index (κ1) is 17.3. The number of ether oxygens (including phenoxy) is 1. The second-order valence-electron chi connectivity index (χ2n) is 5.22. The van der Waals surface area contributed by atoms with Gasteiger partial charge < -0.3 is 9.64 Å². The second-order valence-corrected chi connectivity index (χ2v) is 5.74. The highest BCUT2D eigenvalue weighted by atomic mass is 35.5. The number of unbranched alkanes of at least 4 members (excludes halogenated alkanes) is 2. The largest absolute Gasteiger partial charge is 0.496 e. The molecule has 2 nitrogen and oxygen atoms in total. The zero-order valence-electron chi connectivity index (χ0n) is 13.1. The summed E-state index contributed by atoms with van der Waals surface area (Å²) in [5.41, 5.74) is 1.09. The standard InChI is InChI=1S/C17H28ClNO/c1-4-6-12-19(13-7-5-2)14-16(18)15-10-8-9-11-17(15)20-3/h8-11,16H,4-7,12-14H2,1-3H3. The number of rotatable bonds is 10. The second kappa shape index (κ2) is 10.1. The highest BCUT2D eigenvalue weighted by Crippen LogP contribution is 2.30. The highest BCUT2D eigenvalue weighted by Gasteiger charge is 2.16. The Morgan fingerprint density at radius 1 is 1.10 bits per heavy atom. The van der Waals surface area contributed by atoms with Crippen LogP contribution in [0.4, 0.5) is 0 Å². The molecule has 0 radical (unpaired) electrons. The third-order valence-corrected chi connectivity index (χ3v) is 3.92. The summed E-state index contributed by atoms with van der Waals surface area (Å²) in [7, 11) is 1.70. The molecule has 0 saturated carbocycles. The molecule has 0 bridgehead atoms. The number of benzene rings is 1. The van der Waals surface area contributed by atoms with Crippen molar-refractivity contribution in [3.8, 4) is 5.75 Å². The van der Waals surface area contributed by atoms with Crippen LogP contribution in [0.25, 0.3) is 0 Å². The van der Waals surface area contributed by atoms with E-state index in [0.717, 1.165) is 30.9 Å². The summed E-state index contributed by atoms with van der Waals surface area (Å²) in [4.78, 5) is 2.48. The molecule has 0 N–H and O–H groups in total. The Balaban J connectivity index is 2.65. The molecule has 1 rings (SSSR count). The molecule has 0 aliphatic heterocycles. The van der Waals surface area contributed by atoms with Crippen LogP contribution in [0.3, 0.4) is 0 Å². The fourth-order valence-electron chi connectivity index (χ4n) is 2.31. The summed E-state index contributed by atoms with van der Waals surface area (Å²) in [6, 6.07) is 8.05. The van der Waals surface area contributed by atoms with Gasteiger partial charge in [-0.3, -0.25) is 0 Å². The van der Waals surface area contributed by atoms with Crippen molar-refractivity contribution in [3.63, 3.8) is 0 Å². The Morgan fingerprint density at radius 3 is 2.25 bits per heavy atom. The lowest BCUT2D eigenvalue weighted by Crippen LogP contribution is -2.29. The summed E-state index contributed by atoms with van der Waals surface area (Å²) in [5.74, 6) is 0.887. The Kier molecular flexibility index (Phi) is 8.72. The van der Waals surface area contributed by atoms with Gasteiger partial charge in [0.25, 0.3) is 0 Å². The molecule has 0 fully saturated rings. The van der Waals surface area contributed by atoms with Gasteiger partial charge in [-0.15, -0.1) is 11.6 Å². The quantitative estimate of drug-likeness (QED) is 0.571. The van der Waals surface area contributed by atoms with E-state index in [1.807, 2.05) is 18.2 Å². The fraction of sp³-hybridized carbons (Fsp3) is 0.647. The number of methoxy groups -OCH3 is 1. The average molecular weight is 298 g/mol. The molecule has 0 heterocycles. The maximum atomic E-state index is 6.62. The van der Waals surface area contributed by atoms with E-state index in [9.17, 15) is 0 Å². The number of para-hydroxylation sites is 1. The lowest BCUT2D eigenvalue weighted by molar-refractivity contribution is 0.264. The van der Waals surface area contributed by atoms with E-state index in [2.05, 4.69) is 24.8 Å². The summed E-state index contributed by atoms with van der Waals surface area (Å²) in [6.45, 7) is 7.62. The van der Waals surface area contributed by atoms with Crippen LogP contribution in [0.2, 0.25) is 0 Å². The van der Waals surface area contributed by atoms with Crippen molar-refractivity contribution >= 4 is 11.6 Å². The lowest BCUT2D eigenvalue weighted by atomic mass is 10.1. The van der Waals surface area contributed by atoms with Crippen LogP contribution < -0.4 is 4.74 Å². The van der Waals surface area contributed by atoms with Gasteiger partial charge in [-0.2, -0.15) is 0 Å². The van der Waals surface area contributed by atoms with Gasteiger partial charge >= 0.3 is 0 Å². The number of hydrogen-bond acceptors (Lipinski definition) is 2.